The molecule has 4 rings (SSSR count). The summed E-state index contributed by atoms with van der Waals surface area (Å²) in [6.07, 6.45) is 4.81. The third-order valence-corrected chi connectivity index (χ3v) is 5.59. The molecule has 1 aliphatic rings. The van der Waals surface area contributed by atoms with E-state index < -0.39 is 0 Å². The molecule has 0 radical (unpaired) electrons. The first-order valence-corrected chi connectivity index (χ1v) is 10.2. The Morgan fingerprint density at radius 3 is 2.52 bits per heavy atom. The fraction of sp³-hybridized carbons (Fsp3) is 0.375. The van der Waals surface area contributed by atoms with Gasteiger partial charge in [0, 0.05) is 30.5 Å². The Balaban J connectivity index is 1.49. The van der Waals surface area contributed by atoms with E-state index in [0.717, 1.165) is 60.2 Å². The van der Waals surface area contributed by atoms with Crippen LogP contribution in [0.2, 0.25) is 0 Å². The molecule has 0 atom stereocenters. The molecule has 1 aromatic heterocycles. The molecule has 0 spiro atoms. The van der Waals surface area contributed by atoms with Crippen LogP contribution in [0.4, 0.5) is 0 Å². The van der Waals surface area contributed by atoms with Crippen molar-refractivity contribution >= 4 is 16.9 Å². The number of carbonyl (C=O) groups is 1. The molecule has 3 aromatic rings. The SMILES string of the molecule is COc1ccc(-c2cc3cc(CCC(=O)N4CCCCC4)ccc3o2)cc1OC. The Hall–Kier alpha value is -2.95. The molecule has 2 heterocycles. The lowest BCUT2D eigenvalue weighted by molar-refractivity contribution is -0.132. The summed E-state index contributed by atoms with van der Waals surface area (Å²) in [6.45, 7) is 1.82. The summed E-state index contributed by atoms with van der Waals surface area (Å²) in [5.41, 5.74) is 2.92. The summed E-state index contributed by atoms with van der Waals surface area (Å²) >= 11 is 0. The Labute approximate surface area is 171 Å². The van der Waals surface area contributed by atoms with Crippen molar-refractivity contribution in [1.29, 1.82) is 0 Å². The van der Waals surface area contributed by atoms with Crippen molar-refractivity contribution in [1.82, 2.24) is 4.90 Å². The molecular formula is C24H27NO4. The molecule has 152 valence electrons. The Morgan fingerprint density at radius 2 is 1.76 bits per heavy atom. The van der Waals surface area contributed by atoms with Crippen LogP contribution in [0.15, 0.2) is 46.9 Å². The van der Waals surface area contributed by atoms with Crippen molar-refractivity contribution in [3.63, 3.8) is 0 Å². The fourth-order valence-corrected chi connectivity index (χ4v) is 3.93. The van der Waals surface area contributed by atoms with Gasteiger partial charge in [-0.25, -0.2) is 0 Å². The standard InChI is InChI=1S/C24H27NO4/c1-27-21-10-8-18(15-23(21)28-2)22-16-19-14-17(6-9-20(19)29-22)7-11-24(26)25-12-4-3-5-13-25/h6,8-10,14-16H,3-5,7,11-13H2,1-2H3. The molecule has 0 unspecified atom stereocenters. The van der Waals surface area contributed by atoms with Gasteiger partial charge in [0.15, 0.2) is 11.5 Å². The lowest BCUT2D eigenvalue weighted by Gasteiger charge is -2.26. The van der Waals surface area contributed by atoms with Gasteiger partial charge in [-0.1, -0.05) is 6.07 Å². The molecule has 0 bridgehead atoms. The highest BCUT2D eigenvalue weighted by molar-refractivity contribution is 5.84. The lowest BCUT2D eigenvalue weighted by Crippen LogP contribution is -2.35. The minimum atomic E-state index is 0.267. The predicted molar refractivity (Wildman–Crippen MR) is 114 cm³/mol. The summed E-state index contributed by atoms with van der Waals surface area (Å²) in [6, 6.07) is 13.9. The summed E-state index contributed by atoms with van der Waals surface area (Å²) in [4.78, 5) is 14.4. The van der Waals surface area contributed by atoms with Crippen molar-refractivity contribution in [2.75, 3.05) is 27.3 Å². The number of likely N-dealkylation sites (tertiary alicyclic amines) is 1. The normalized spacial score (nSPS) is 14.2. The third-order valence-electron chi connectivity index (χ3n) is 5.59. The van der Waals surface area contributed by atoms with E-state index in [1.807, 2.05) is 41.3 Å². The number of amides is 1. The van der Waals surface area contributed by atoms with Crippen LogP contribution in [0.1, 0.15) is 31.2 Å². The van der Waals surface area contributed by atoms with Gasteiger partial charge in [-0.05, 0) is 67.6 Å². The first kappa shape index (κ1) is 19.4. The van der Waals surface area contributed by atoms with Crippen LogP contribution in [0.3, 0.4) is 0 Å². The lowest BCUT2D eigenvalue weighted by atomic mass is 10.1. The number of fused-ring (bicyclic) bond motifs is 1. The average Bonchev–Trinajstić information content (AvgIpc) is 3.21. The Morgan fingerprint density at radius 1 is 0.966 bits per heavy atom. The number of hydrogen-bond acceptors (Lipinski definition) is 4. The molecule has 29 heavy (non-hydrogen) atoms. The second-order valence-corrected chi connectivity index (χ2v) is 7.49. The molecule has 1 amide bonds. The molecular weight excluding hydrogens is 366 g/mol. The zero-order valence-corrected chi connectivity index (χ0v) is 17.1. The van der Waals surface area contributed by atoms with Crippen LogP contribution >= 0.6 is 0 Å². The number of rotatable bonds is 6. The first-order valence-electron chi connectivity index (χ1n) is 10.2. The van der Waals surface area contributed by atoms with Gasteiger partial charge < -0.3 is 18.8 Å². The van der Waals surface area contributed by atoms with Gasteiger partial charge in [0.1, 0.15) is 11.3 Å². The van der Waals surface area contributed by atoms with Crippen molar-refractivity contribution in [2.24, 2.45) is 0 Å². The van der Waals surface area contributed by atoms with Crippen molar-refractivity contribution in [2.45, 2.75) is 32.1 Å². The largest absolute Gasteiger partial charge is 0.493 e. The van der Waals surface area contributed by atoms with E-state index in [1.165, 1.54) is 6.42 Å². The molecule has 0 N–H and O–H groups in total. The monoisotopic (exact) mass is 393 g/mol. The number of furan rings is 1. The number of methoxy groups -OCH3 is 2. The molecule has 0 saturated carbocycles. The summed E-state index contributed by atoms with van der Waals surface area (Å²) in [5, 5.41) is 1.04. The molecule has 2 aromatic carbocycles. The van der Waals surface area contributed by atoms with Crippen LogP contribution in [-0.4, -0.2) is 38.1 Å². The van der Waals surface area contributed by atoms with Gasteiger partial charge in [0.25, 0.3) is 0 Å². The zero-order valence-electron chi connectivity index (χ0n) is 17.1. The van der Waals surface area contributed by atoms with Gasteiger partial charge in [-0.2, -0.15) is 0 Å². The quantitative estimate of drug-likeness (QED) is 0.587. The van der Waals surface area contributed by atoms with Crippen molar-refractivity contribution in [3.8, 4) is 22.8 Å². The average molecular weight is 393 g/mol. The molecule has 1 aliphatic heterocycles. The van der Waals surface area contributed by atoms with Crippen LogP contribution < -0.4 is 9.47 Å². The summed E-state index contributed by atoms with van der Waals surface area (Å²) in [5.74, 6) is 2.40. The van der Waals surface area contributed by atoms with Gasteiger partial charge in [0.05, 0.1) is 14.2 Å². The van der Waals surface area contributed by atoms with E-state index >= 15 is 0 Å². The number of nitrogens with zero attached hydrogens (tertiary/aromatic N) is 1. The van der Waals surface area contributed by atoms with Crippen molar-refractivity contribution < 1.29 is 18.7 Å². The first-order chi connectivity index (χ1) is 14.2. The second kappa shape index (κ2) is 8.60. The van der Waals surface area contributed by atoms with E-state index in [2.05, 4.69) is 6.07 Å². The van der Waals surface area contributed by atoms with E-state index in [1.54, 1.807) is 14.2 Å². The highest BCUT2D eigenvalue weighted by Gasteiger charge is 2.16. The predicted octanol–water partition coefficient (Wildman–Crippen LogP) is 5.06. The van der Waals surface area contributed by atoms with Crippen LogP contribution in [-0.2, 0) is 11.2 Å². The van der Waals surface area contributed by atoms with Crippen LogP contribution in [0.25, 0.3) is 22.3 Å². The molecule has 1 fully saturated rings. The van der Waals surface area contributed by atoms with E-state index in [4.69, 9.17) is 13.9 Å². The maximum atomic E-state index is 12.4. The Kier molecular flexibility index (Phi) is 5.74. The number of aryl methyl sites for hydroxylation is 1. The minimum Gasteiger partial charge on any atom is -0.493 e. The number of hydrogen-bond donors (Lipinski definition) is 0. The number of benzene rings is 2. The highest BCUT2D eigenvalue weighted by atomic mass is 16.5. The van der Waals surface area contributed by atoms with Gasteiger partial charge >= 0.3 is 0 Å². The maximum absolute atomic E-state index is 12.4. The smallest absolute Gasteiger partial charge is 0.222 e. The zero-order chi connectivity index (χ0) is 20.2. The van der Waals surface area contributed by atoms with E-state index in [0.29, 0.717) is 17.9 Å². The van der Waals surface area contributed by atoms with E-state index in [9.17, 15) is 4.79 Å². The minimum absolute atomic E-state index is 0.267. The van der Waals surface area contributed by atoms with E-state index in [-0.39, 0.29) is 5.91 Å². The third kappa shape index (κ3) is 4.24. The van der Waals surface area contributed by atoms with Gasteiger partial charge in [0.2, 0.25) is 5.91 Å². The second-order valence-electron chi connectivity index (χ2n) is 7.49. The Bertz CT molecular complexity index is 1000. The molecule has 5 heteroatoms. The number of carbonyl (C=O) groups excluding carboxylic acids is 1. The highest BCUT2D eigenvalue weighted by Crippen LogP contribution is 2.35. The molecule has 0 aliphatic carbocycles. The maximum Gasteiger partial charge on any atom is 0.222 e. The van der Waals surface area contributed by atoms with Crippen LogP contribution in [0, 0.1) is 0 Å². The number of ether oxygens (including phenoxy) is 2. The molecule has 5 nitrogen and oxygen atoms in total. The van der Waals surface area contributed by atoms with Crippen molar-refractivity contribution in [3.05, 3.63) is 48.0 Å². The summed E-state index contributed by atoms with van der Waals surface area (Å²) < 4.78 is 16.7. The molecule has 1 saturated heterocycles. The van der Waals surface area contributed by atoms with Gasteiger partial charge in [-0.3, -0.25) is 4.79 Å². The van der Waals surface area contributed by atoms with Gasteiger partial charge in [-0.15, -0.1) is 0 Å². The topological polar surface area (TPSA) is 51.9 Å². The summed E-state index contributed by atoms with van der Waals surface area (Å²) in [7, 11) is 3.24. The van der Waals surface area contributed by atoms with Crippen LogP contribution in [0.5, 0.6) is 11.5 Å². The fourth-order valence-electron chi connectivity index (χ4n) is 3.93. The number of piperidine rings is 1.